The molecule has 20 heavy (non-hydrogen) atoms. The molecule has 0 atom stereocenters. The number of aryl methyl sites for hydroxylation is 1. The van der Waals surface area contributed by atoms with Gasteiger partial charge in [-0.15, -0.1) is 0 Å². The van der Waals surface area contributed by atoms with Gasteiger partial charge in [-0.1, -0.05) is 0 Å². The van der Waals surface area contributed by atoms with Gasteiger partial charge in [-0.3, -0.25) is 4.79 Å². The molecule has 2 rings (SSSR count). The first-order valence-electron chi connectivity index (χ1n) is 6.40. The Bertz CT molecular complexity index is 608. The lowest BCUT2D eigenvalue weighted by atomic mass is 10.1. The molecule has 2 aromatic carbocycles. The molecule has 0 aliphatic heterocycles. The standard InChI is InChI=1S/C16H16FNO2/c1-3-20-14-7-4-12(5-8-14)16(19)18-15-9-6-13(17)10-11(15)2/h4-10H,3H2,1-2H3,(H,18,19). The molecule has 0 aromatic heterocycles. The molecule has 0 bridgehead atoms. The number of rotatable bonds is 4. The largest absolute Gasteiger partial charge is 0.494 e. The quantitative estimate of drug-likeness (QED) is 0.920. The van der Waals surface area contributed by atoms with Crippen LogP contribution >= 0.6 is 0 Å². The first kappa shape index (κ1) is 14.1. The van der Waals surface area contributed by atoms with E-state index in [0.717, 1.165) is 5.75 Å². The zero-order chi connectivity index (χ0) is 14.5. The van der Waals surface area contributed by atoms with Crippen molar-refractivity contribution in [1.82, 2.24) is 0 Å². The van der Waals surface area contributed by atoms with Crippen LogP contribution in [-0.4, -0.2) is 12.5 Å². The molecular formula is C16H16FNO2. The van der Waals surface area contributed by atoms with Gasteiger partial charge in [-0.2, -0.15) is 0 Å². The number of carbonyl (C=O) groups is 1. The van der Waals surface area contributed by atoms with Crippen LogP contribution in [0.3, 0.4) is 0 Å². The minimum atomic E-state index is -0.318. The van der Waals surface area contributed by atoms with Crippen LogP contribution in [0.4, 0.5) is 10.1 Å². The van der Waals surface area contributed by atoms with Crippen molar-refractivity contribution in [3.8, 4) is 5.75 Å². The number of carbonyl (C=O) groups excluding carboxylic acids is 1. The Morgan fingerprint density at radius 1 is 1.20 bits per heavy atom. The predicted molar refractivity (Wildman–Crippen MR) is 76.7 cm³/mol. The molecule has 0 spiro atoms. The molecule has 0 fully saturated rings. The number of benzene rings is 2. The molecule has 0 aliphatic carbocycles. The third-order valence-electron chi connectivity index (χ3n) is 2.86. The summed E-state index contributed by atoms with van der Waals surface area (Å²) in [5.41, 5.74) is 1.81. The molecule has 0 heterocycles. The molecule has 2 aromatic rings. The van der Waals surface area contributed by atoms with Gasteiger partial charge in [0.05, 0.1) is 6.61 Å². The fourth-order valence-corrected chi connectivity index (χ4v) is 1.83. The summed E-state index contributed by atoms with van der Waals surface area (Å²) in [6.07, 6.45) is 0. The number of amides is 1. The van der Waals surface area contributed by atoms with Crippen LogP contribution in [0.1, 0.15) is 22.8 Å². The van der Waals surface area contributed by atoms with Crippen LogP contribution in [0.2, 0.25) is 0 Å². The fraction of sp³-hybridized carbons (Fsp3) is 0.188. The maximum atomic E-state index is 13.0. The van der Waals surface area contributed by atoms with E-state index >= 15 is 0 Å². The SMILES string of the molecule is CCOc1ccc(C(=O)Nc2ccc(F)cc2C)cc1. The van der Waals surface area contributed by atoms with Crippen LogP contribution < -0.4 is 10.1 Å². The van der Waals surface area contributed by atoms with Crippen molar-refractivity contribution in [2.45, 2.75) is 13.8 Å². The van der Waals surface area contributed by atoms with E-state index in [-0.39, 0.29) is 11.7 Å². The van der Waals surface area contributed by atoms with Crippen LogP contribution in [0.25, 0.3) is 0 Å². The third kappa shape index (κ3) is 3.35. The van der Waals surface area contributed by atoms with Crippen molar-refractivity contribution in [2.75, 3.05) is 11.9 Å². The van der Waals surface area contributed by atoms with E-state index in [4.69, 9.17) is 4.74 Å². The molecule has 0 unspecified atom stereocenters. The van der Waals surface area contributed by atoms with E-state index < -0.39 is 0 Å². The Hall–Kier alpha value is -2.36. The zero-order valence-corrected chi connectivity index (χ0v) is 11.4. The summed E-state index contributed by atoms with van der Waals surface area (Å²) in [6, 6.07) is 11.1. The van der Waals surface area contributed by atoms with Gasteiger partial charge in [-0.25, -0.2) is 4.39 Å². The molecule has 104 valence electrons. The van der Waals surface area contributed by atoms with E-state index in [1.54, 1.807) is 37.3 Å². The average molecular weight is 273 g/mol. The first-order chi connectivity index (χ1) is 9.60. The van der Waals surface area contributed by atoms with Crippen molar-refractivity contribution < 1.29 is 13.9 Å². The molecular weight excluding hydrogens is 257 g/mol. The summed E-state index contributed by atoms with van der Waals surface area (Å²) in [4.78, 5) is 12.1. The summed E-state index contributed by atoms with van der Waals surface area (Å²) in [7, 11) is 0. The smallest absolute Gasteiger partial charge is 0.255 e. The molecule has 0 aliphatic rings. The molecule has 4 heteroatoms. The summed E-state index contributed by atoms with van der Waals surface area (Å²) in [6.45, 7) is 4.23. The van der Waals surface area contributed by atoms with Crippen molar-refractivity contribution in [3.63, 3.8) is 0 Å². The number of nitrogens with one attached hydrogen (secondary N) is 1. The maximum Gasteiger partial charge on any atom is 0.255 e. The van der Waals surface area contributed by atoms with Crippen molar-refractivity contribution >= 4 is 11.6 Å². The van der Waals surface area contributed by atoms with E-state index in [1.807, 2.05) is 6.92 Å². The Labute approximate surface area is 117 Å². The van der Waals surface area contributed by atoms with Gasteiger partial charge < -0.3 is 10.1 Å². The average Bonchev–Trinajstić information content (AvgIpc) is 2.43. The van der Waals surface area contributed by atoms with E-state index in [9.17, 15) is 9.18 Å². The Balaban J connectivity index is 2.11. The lowest BCUT2D eigenvalue weighted by Crippen LogP contribution is -2.12. The van der Waals surface area contributed by atoms with E-state index in [0.29, 0.717) is 23.4 Å². The lowest BCUT2D eigenvalue weighted by molar-refractivity contribution is 0.102. The van der Waals surface area contributed by atoms with Gasteiger partial charge >= 0.3 is 0 Å². The summed E-state index contributed by atoms with van der Waals surface area (Å²) >= 11 is 0. The van der Waals surface area contributed by atoms with Crippen LogP contribution in [0.15, 0.2) is 42.5 Å². The minimum absolute atomic E-state index is 0.234. The predicted octanol–water partition coefficient (Wildman–Crippen LogP) is 3.79. The van der Waals surface area contributed by atoms with Crippen LogP contribution in [0, 0.1) is 12.7 Å². The second-order valence-corrected chi connectivity index (χ2v) is 4.37. The highest BCUT2D eigenvalue weighted by molar-refractivity contribution is 6.04. The molecule has 0 radical (unpaired) electrons. The molecule has 0 saturated carbocycles. The van der Waals surface area contributed by atoms with Gasteiger partial charge in [0.2, 0.25) is 0 Å². The zero-order valence-electron chi connectivity index (χ0n) is 11.4. The number of hydrogen-bond donors (Lipinski definition) is 1. The monoisotopic (exact) mass is 273 g/mol. The summed E-state index contributed by atoms with van der Waals surface area (Å²) in [5, 5.41) is 2.76. The van der Waals surface area contributed by atoms with E-state index in [1.165, 1.54) is 12.1 Å². The van der Waals surface area contributed by atoms with Gasteiger partial charge in [0.1, 0.15) is 11.6 Å². The Morgan fingerprint density at radius 3 is 2.50 bits per heavy atom. The minimum Gasteiger partial charge on any atom is -0.494 e. The Kier molecular flexibility index (Phi) is 4.35. The Morgan fingerprint density at radius 2 is 1.90 bits per heavy atom. The van der Waals surface area contributed by atoms with E-state index in [2.05, 4.69) is 5.32 Å². The highest BCUT2D eigenvalue weighted by Crippen LogP contribution is 2.18. The number of ether oxygens (including phenoxy) is 1. The highest BCUT2D eigenvalue weighted by Gasteiger charge is 2.08. The molecule has 1 N–H and O–H groups in total. The van der Waals surface area contributed by atoms with Gasteiger partial charge in [0, 0.05) is 11.3 Å². The summed E-state index contributed by atoms with van der Waals surface area (Å²) in [5.74, 6) is 0.173. The topological polar surface area (TPSA) is 38.3 Å². The van der Waals surface area contributed by atoms with Crippen LogP contribution in [-0.2, 0) is 0 Å². The number of hydrogen-bond acceptors (Lipinski definition) is 2. The van der Waals surface area contributed by atoms with Gasteiger partial charge in [0.25, 0.3) is 5.91 Å². The molecule has 3 nitrogen and oxygen atoms in total. The number of anilines is 1. The lowest BCUT2D eigenvalue weighted by Gasteiger charge is -2.09. The summed E-state index contributed by atoms with van der Waals surface area (Å²) < 4.78 is 18.3. The highest BCUT2D eigenvalue weighted by atomic mass is 19.1. The third-order valence-corrected chi connectivity index (χ3v) is 2.86. The van der Waals surface area contributed by atoms with Crippen molar-refractivity contribution in [2.24, 2.45) is 0 Å². The molecule has 0 saturated heterocycles. The van der Waals surface area contributed by atoms with Gasteiger partial charge in [0.15, 0.2) is 0 Å². The van der Waals surface area contributed by atoms with Crippen LogP contribution in [0.5, 0.6) is 5.75 Å². The second kappa shape index (κ2) is 6.19. The molecule has 1 amide bonds. The maximum absolute atomic E-state index is 13.0. The van der Waals surface area contributed by atoms with Crippen molar-refractivity contribution in [3.05, 3.63) is 59.4 Å². The fourth-order valence-electron chi connectivity index (χ4n) is 1.83. The first-order valence-corrected chi connectivity index (χ1v) is 6.40. The van der Waals surface area contributed by atoms with Gasteiger partial charge in [-0.05, 0) is 61.9 Å². The number of halogens is 1. The normalized spacial score (nSPS) is 10.2. The second-order valence-electron chi connectivity index (χ2n) is 4.37. The van der Waals surface area contributed by atoms with Crippen molar-refractivity contribution in [1.29, 1.82) is 0 Å².